The maximum Gasteiger partial charge on any atom is 0.330 e. The number of aromatic nitrogens is 2. The summed E-state index contributed by atoms with van der Waals surface area (Å²) >= 11 is 0. The summed E-state index contributed by atoms with van der Waals surface area (Å²) in [5.74, 6) is 4.96. The van der Waals surface area contributed by atoms with Crippen LogP contribution in [0.2, 0.25) is 36.3 Å². The molecule has 5 atom stereocenters. The molecular weight excluding hydrogens is 500 g/mol. The first-order valence-corrected chi connectivity index (χ1v) is 18.1. The van der Waals surface area contributed by atoms with Gasteiger partial charge in [0.1, 0.15) is 12.2 Å². The average Bonchev–Trinajstić information content (AvgIpc) is 3.40. The summed E-state index contributed by atoms with van der Waals surface area (Å²) in [6, 6.07) is 1.25. The quantitative estimate of drug-likeness (QED) is 0.156. The third-order valence-corrected chi connectivity index (χ3v) is 17.3. The van der Waals surface area contributed by atoms with Crippen LogP contribution in [0.5, 0.6) is 0 Å². The Morgan fingerprint density at radius 2 is 1.72 bits per heavy atom. The second-order valence-corrected chi connectivity index (χ2v) is 22.3. The zero-order valence-electron chi connectivity index (χ0n) is 23.1. The van der Waals surface area contributed by atoms with Crippen molar-refractivity contribution in [2.75, 3.05) is 6.61 Å². The molecule has 0 saturated carbocycles. The predicted octanol–water partition coefficient (Wildman–Crippen LogP) is 1.97. The number of carbonyl (C=O) groups excluding carboxylic acids is 1. The lowest BCUT2D eigenvalue weighted by atomic mass is 9.93. The number of carbonyl (C=O) groups is 1. The van der Waals surface area contributed by atoms with Gasteiger partial charge in [-0.1, -0.05) is 41.5 Å². The van der Waals surface area contributed by atoms with E-state index in [2.05, 4.69) is 78.1 Å². The molecule has 1 amide bonds. The van der Waals surface area contributed by atoms with Gasteiger partial charge in [-0.3, -0.25) is 24.6 Å². The summed E-state index contributed by atoms with van der Waals surface area (Å²) in [5, 5.41) is -0.228. The van der Waals surface area contributed by atoms with Crippen molar-refractivity contribution in [3.05, 3.63) is 33.1 Å². The van der Waals surface area contributed by atoms with E-state index in [4.69, 9.17) is 24.2 Å². The summed E-state index contributed by atoms with van der Waals surface area (Å²) in [4.78, 5) is 39.5. The van der Waals surface area contributed by atoms with Gasteiger partial charge in [-0.2, -0.15) is 0 Å². The first-order valence-electron chi connectivity index (χ1n) is 12.3. The topological polar surface area (TPSA) is 150 Å². The fourth-order valence-electron chi connectivity index (χ4n) is 3.87. The number of H-pyrrole nitrogens is 1. The lowest BCUT2D eigenvalue weighted by Crippen LogP contribution is -2.54. The molecule has 2 fully saturated rings. The Hall–Kier alpha value is -1.62. The molecule has 36 heavy (non-hydrogen) atoms. The van der Waals surface area contributed by atoms with Gasteiger partial charge >= 0.3 is 5.69 Å². The van der Waals surface area contributed by atoms with Gasteiger partial charge < -0.3 is 18.3 Å². The van der Waals surface area contributed by atoms with Gasteiger partial charge in [0.15, 0.2) is 34.6 Å². The molecule has 1 aromatic rings. The number of epoxide rings is 1. The standard InChI is InChI=1S/C23H42N4O7Si2/c1-21(2,3)35(7,8)31-13-14-23(16(33-23)18(29)26-24)17(34-36(9,10)22(4,5)6)19(32-14)27-12-11-15(28)25-20(27)30/h11-12,14,16-17,19H,13,24H2,1-10H3,(H,26,29)(H,25,28,30)/t14-,16?,17+,19-,23-/m1/s1. The molecule has 204 valence electrons. The largest absolute Gasteiger partial charge is 0.414 e. The normalized spacial score (nSPS) is 29.0. The van der Waals surface area contributed by atoms with E-state index in [1.807, 2.05) is 0 Å². The highest BCUT2D eigenvalue weighted by Crippen LogP contribution is 2.56. The van der Waals surface area contributed by atoms with E-state index in [0.717, 1.165) is 0 Å². The molecule has 13 heteroatoms. The molecule has 0 aromatic carbocycles. The first-order chi connectivity index (χ1) is 16.3. The predicted molar refractivity (Wildman–Crippen MR) is 140 cm³/mol. The Balaban J connectivity index is 2.10. The molecule has 1 spiro atoms. The highest BCUT2D eigenvalue weighted by atomic mass is 28.4. The number of nitrogens with one attached hydrogen (secondary N) is 2. The van der Waals surface area contributed by atoms with Crippen molar-refractivity contribution in [2.24, 2.45) is 5.84 Å². The minimum atomic E-state index is -2.46. The summed E-state index contributed by atoms with van der Waals surface area (Å²) in [6.45, 7) is 21.2. The van der Waals surface area contributed by atoms with E-state index in [-0.39, 0.29) is 16.7 Å². The average molecular weight is 543 g/mol. The second kappa shape index (κ2) is 9.29. The third kappa shape index (κ3) is 5.06. The molecule has 3 rings (SSSR count). The highest BCUT2D eigenvalue weighted by molar-refractivity contribution is 6.74. The number of ether oxygens (including phenoxy) is 2. The number of amides is 1. The van der Waals surface area contributed by atoms with Gasteiger partial charge in [-0.25, -0.2) is 10.6 Å². The molecule has 0 aliphatic carbocycles. The van der Waals surface area contributed by atoms with Gasteiger partial charge in [-0.05, 0) is 36.3 Å². The van der Waals surface area contributed by atoms with Gasteiger partial charge in [0.2, 0.25) is 0 Å². The zero-order valence-corrected chi connectivity index (χ0v) is 25.1. The number of nitrogens with two attached hydrogens (primary N) is 1. The SMILES string of the molecule is CC(C)(C)[Si](C)(C)OC[C@H]1O[C@@H](n2ccc(=O)[nH]c2=O)[C@H](O[Si](C)(C)C(C)(C)C)[C@@]12OC2C(=O)NN. The smallest absolute Gasteiger partial charge is 0.330 e. The maximum absolute atomic E-state index is 12.8. The summed E-state index contributed by atoms with van der Waals surface area (Å²) < 4.78 is 27.1. The molecular formula is C23H42N4O7Si2. The van der Waals surface area contributed by atoms with Crippen LogP contribution in [0.15, 0.2) is 21.9 Å². The van der Waals surface area contributed by atoms with E-state index in [1.54, 1.807) is 0 Å². The number of hydrazine groups is 1. The molecule has 0 radical (unpaired) electrons. The summed E-state index contributed by atoms with van der Waals surface area (Å²) in [7, 11) is -4.65. The molecule has 11 nitrogen and oxygen atoms in total. The summed E-state index contributed by atoms with van der Waals surface area (Å²) in [6.07, 6.45) is -2.05. The van der Waals surface area contributed by atoms with E-state index in [0.29, 0.717) is 0 Å². The molecule has 2 saturated heterocycles. The van der Waals surface area contributed by atoms with Crippen LogP contribution in [0.4, 0.5) is 0 Å². The Morgan fingerprint density at radius 1 is 1.14 bits per heavy atom. The number of hydrogen-bond acceptors (Lipinski definition) is 8. The van der Waals surface area contributed by atoms with Crippen molar-refractivity contribution in [2.45, 2.75) is 108 Å². The van der Waals surface area contributed by atoms with Crippen molar-refractivity contribution in [3.8, 4) is 0 Å². The van der Waals surface area contributed by atoms with E-state index >= 15 is 0 Å². The molecule has 0 bridgehead atoms. The second-order valence-electron chi connectivity index (χ2n) is 12.8. The van der Waals surface area contributed by atoms with Crippen LogP contribution in [0.25, 0.3) is 0 Å². The van der Waals surface area contributed by atoms with E-state index in [1.165, 1.54) is 16.8 Å². The number of hydrogen-bond donors (Lipinski definition) is 3. The van der Waals surface area contributed by atoms with Crippen molar-refractivity contribution in [3.63, 3.8) is 0 Å². The Kier molecular flexibility index (Phi) is 7.47. The highest BCUT2D eigenvalue weighted by Gasteiger charge is 2.77. The fourth-order valence-corrected chi connectivity index (χ4v) is 6.16. The number of rotatable bonds is 7. The molecule has 3 heterocycles. The van der Waals surface area contributed by atoms with Crippen molar-refractivity contribution >= 4 is 22.5 Å². The number of nitrogens with zero attached hydrogens (tertiary/aromatic N) is 1. The molecule has 2 aliphatic heterocycles. The van der Waals surface area contributed by atoms with Crippen LogP contribution in [-0.4, -0.2) is 62.6 Å². The molecule has 1 unspecified atom stereocenters. The van der Waals surface area contributed by atoms with Crippen LogP contribution in [0.1, 0.15) is 47.8 Å². The molecule has 1 aromatic heterocycles. The minimum absolute atomic E-state index is 0.0521. The lowest BCUT2D eigenvalue weighted by Gasteiger charge is -2.40. The minimum Gasteiger partial charge on any atom is -0.414 e. The monoisotopic (exact) mass is 542 g/mol. The third-order valence-electron chi connectivity index (χ3n) is 8.32. The van der Waals surface area contributed by atoms with Gasteiger partial charge in [-0.15, -0.1) is 0 Å². The van der Waals surface area contributed by atoms with Crippen LogP contribution in [0, 0.1) is 0 Å². The zero-order chi connectivity index (χ0) is 27.5. The van der Waals surface area contributed by atoms with Crippen molar-refractivity contribution in [1.29, 1.82) is 0 Å². The van der Waals surface area contributed by atoms with Crippen LogP contribution in [0.3, 0.4) is 0 Å². The van der Waals surface area contributed by atoms with Crippen LogP contribution < -0.4 is 22.5 Å². The summed E-state index contributed by atoms with van der Waals surface area (Å²) in [5.41, 5.74) is -0.199. The lowest BCUT2D eigenvalue weighted by molar-refractivity contribution is -0.122. The van der Waals surface area contributed by atoms with Crippen molar-refractivity contribution in [1.82, 2.24) is 15.0 Å². The number of aromatic amines is 1. The van der Waals surface area contributed by atoms with Gasteiger partial charge in [0.25, 0.3) is 11.5 Å². The van der Waals surface area contributed by atoms with Crippen molar-refractivity contribution < 1.29 is 23.1 Å². The van der Waals surface area contributed by atoms with E-state index < -0.39 is 63.9 Å². The Labute approximate surface area is 214 Å². The maximum atomic E-state index is 12.8. The first kappa shape index (κ1) is 28.9. The van der Waals surface area contributed by atoms with Gasteiger partial charge in [0, 0.05) is 12.3 Å². The molecule has 4 N–H and O–H groups in total. The Bertz CT molecular complexity index is 1110. The van der Waals surface area contributed by atoms with Crippen LogP contribution in [-0.2, 0) is 23.1 Å². The van der Waals surface area contributed by atoms with E-state index in [9.17, 15) is 14.4 Å². The Morgan fingerprint density at radius 3 is 2.22 bits per heavy atom. The fraction of sp³-hybridized carbons (Fsp3) is 0.783. The molecule has 2 aliphatic rings. The van der Waals surface area contributed by atoms with Gasteiger partial charge in [0.05, 0.1) is 6.61 Å². The van der Waals surface area contributed by atoms with Crippen LogP contribution >= 0.6 is 0 Å².